The number of halogens is 1. The summed E-state index contributed by atoms with van der Waals surface area (Å²) in [4.78, 5) is 22.5. The Morgan fingerprint density at radius 2 is 2.00 bits per heavy atom. The standard InChI is InChI=1S/C21H18ClN3O4/c1-13-3-4-14(2)15(9-13)10-21(26)24-23-12-17-6-8-20(29-17)18-11-16(25(27)28)5-7-19(18)22/h3-9,11-12H,10H2,1-2H3,(H,24,26)/b23-12-. The van der Waals surface area contributed by atoms with Gasteiger partial charge in [-0.1, -0.05) is 35.4 Å². The predicted molar refractivity (Wildman–Crippen MR) is 111 cm³/mol. The minimum atomic E-state index is -0.503. The van der Waals surface area contributed by atoms with E-state index >= 15 is 0 Å². The Bertz CT molecular complexity index is 1110. The molecule has 0 fully saturated rings. The molecule has 1 heterocycles. The molecule has 3 rings (SSSR count). The van der Waals surface area contributed by atoms with Crippen molar-refractivity contribution in [2.24, 2.45) is 5.10 Å². The number of rotatable bonds is 6. The molecule has 0 aliphatic heterocycles. The quantitative estimate of drug-likeness (QED) is 0.357. The fraction of sp³-hybridized carbons (Fsp3) is 0.143. The van der Waals surface area contributed by atoms with Crippen molar-refractivity contribution >= 4 is 29.4 Å². The molecule has 29 heavy (non-hydrogen) atoms. The Labute approximate surface area is 172 Å². The van der Waals surface area contributed by atoms with E-state index in [1.54, 1.807) is 12.1 Å². The summed E-state index contributed by atoms with van der Waals surface area (Å²) in [6, 6.07) is 13.3. The van der Waals surface area contributed by atoms with Crippen LogP contribution in [0.1, 0.15) is 22.5 Å². The number of furan rings is 1. The van der Waals surface area contributed by atoms with Gasteiger partial charge in [0.15, 0.2) is 0 Å². The average molecular weight is 412 g/mol. The van der Waals surface area contributed by atoms with Gasteiger partial charge in [-0.25, -0.2) is 5.43 Å². The van der Waals surface area contributed by atoms with Crippen LogP contribution >= 0.6 is 11.6 Å². The average Bonchev–Trinajstić information content (AvgIpc) is 3.13. The van der Waals surface area contributed by atoms with E-state index in [4.69, 9.17) is 16.0 Å². The Morgan fingerprint density at radius 1 is 1.21 bits per heavy atom. The fourth-order valence-electron chi connectivity index (χ4n) is 2.75. The van der Waals surface area contributed by atoms with Gasteiger partial charge in [0.1, 0.15) is 11.5 Å². The smallest absolute Gasteiger partial charge is 0.270 e. The van der Waals surface area contributed by atoms with E-state index in [2.05, 4.69) is 10.5 Å². The van der Waals surface area contributed by atoms with Crippen molar-refractivity contribution in [2.45, 2.75) is 20.3 Å². The van der Waals surface area contributed by atoms with E-state index in [-0.39, 0.29) is 18.0 Å². The summed E-state index contributed by atoms with van der Waals surface area (Å²) in [7, 11) is 0. The number of carbonyl (C=O) groups excluding carboxylic acids is 1. The molecule has 0 atom stereocenters. The normalized spacial score (nSPS) is 11.0. The number of benzene rings is 2. The molecule has 1 N–H and O–H groups in total. The molecule has 7 nitrogen and oxygen atoms in total. The Hall–Kier alpha value is -3.45. The summed E-state index contributed by atoms with van der Waals surface area (Å²) in [5.74, 6) is 0.486. The van der Waals surface area contributed by atoms with Gasteiger partial charge in [0.05, 0.1) is 22.6 Å². The molecule has 148 valence electrons. The van der Waals surface area contributed by atoms with E-state index in [0.717, 1.165) is 16.7 Å². The SMILES string of the molecule is Cc1ccc(C)c(CC(=O)N/N=C\c2ccc(-c3cc([N+](=O)[O-])ccc3Cl)o2)c1. The molecule has 8 heteroatoms. The van der Waals surface area contributed by atoms with Crippen LogP contribution in [-0.2, 0) is 11.2 Å². The van der Waals surface area contributed by atoms with Crippen molar-refractivity contribution < 1.29 is 14.1 Å². The highest BCUT2D eigenvalue weighted by Crippen LogP contribution is 2.32. The lowest BCUT2D eigenvalue weighted by molar-refractivity contribution is -0.384. The molecule has 0 saturated carbocycles. The van der Waals surface area contributed by atoms with Gasteiger partial charge in [-0.15, -0.1) is 0 Å². The van der Waals surface area contributed by atoms with Crippen molar-refractivity contribution in [2.75, 3.05) is 0 Å². The van der Waals surface area contributed by atoms with Gasteiger partial charge < -0.3 is 4.42 Å². The lowest BCUT2D eigenvalue weighted by Gasteiger charge is -2.05. The van der Waals surface area contributed by atoms with Crippen LogP contribution in [0.15, 0.2) is 58.0 Å². The zero-order valence-electron chi connectivity index (χ0n) is 15.8. The van der Waals surface area contributed by atoms with Crippen molar-refractivity contribution in [1.82, 2.24) is 5.43 Å². The minimum absolute atomic E-state index is 0.0882. The number of hydrogen-bond acceptors (Lipinski definition) is 5. The number of amides is 1. The molecule has 2 aromatic carbocycles. The largest absolute Gasteiger partial charge is 0.455 e. The second-order valence-corrected chi connectivity index (χ2v) is 6.93. The molecular weight excluding hydrogens is 394 g/mol. The van der Waals surface area contributed by atoms with Gasteiger partial charge in [0.2, 0.25) is 5.91 Å². The van der Waals surface area contributed by atoms with E-state index in [1.165, 1.54) is 24.4 Å². The monoisotopic (exact) mass is 411 g/mol. The van der Waals surface area contributed by atoms with Crippen LogP contribution in [-0.4, -0.2) is 17.0 Å². The lowest BCUT2D eigenvalue weighted by atomic mass is 10.0. The number of non-ortho nitro benzene ring substituents is 1. The first-order chi connectivity index (χ1) is 13.8. The number of nitrogens with zero attached hydrogens (tertiary/aromatic N) is 2. The minimum Gasteiger partial charge on any atom is -0.455 e. The van der Waals surface area contributed by atoms with Crippen LogP contribution in [0.25, 0.3) is 11.3 Å². The van der Waals surface area contributed by atoms with Gasteiger partial charge in [0, 0.05) is 17.7 Å². The zero-order valence-corrected chi connectivity index (χ0v) is 16.6. The number of hydrazone groups is 1. The van der Waals surface area contributed by atoms with Crippen LogP contribution < -0.4 is 5.43 Å². The molecular formula is C21H18ClN3O4. The molecule has 0 aliphatic rings. The van der Waals surface area contributed by atoms with E-state index in [9.17, 15) is 14.9 Å². The predicted octanol–water partition coefficient (Wildman–Crippen LogP) is 4.82. The van der Waals surface area contributed by atoms with Gasteiger partial charge >= 0.3 is 0 Å². The van der Waals surface area contributed by atoms with Crippen LogP contribution in [0, 0.1) is 24.0 Å². The number of aryl methyl sites for hydroxylation is 2. The van der Waals surface area contributed by atoms with Gasteiger partial charge in [-0.05, 0) is 43.2 Å². The molecule has 0 aliphatic carbocycles. The highest BCUT2D eigenvalue weighted by atomic mass is 35.5. The first kappa shape index (κ1) is 20.3. The molecule has 0 saturated heterocycles. The first-order valence-electron chi connectivity index (χ1n) is 8.75. The Morgan fingerprint density at radius 3 is 2.76 bits per heavy atom. The third-order valence-electron chi connectivity index (χ3n) is 4.29. The second-order valence-electron chi connectivity index (χ2n) is 6.52. The summed E-state index contributed by atoms with van der Waals surface area (Å²) in [6.07, 6.45) is 1.58. The molecule has 3 aromatic rings. The number of nitro groups is 1. The summed E-state index contributed by atoms with van der Waals surface area (Å²) >= 11 is 6.12. The van der Waals surface area contributed by atoms with Crippen molar-refractivity contribution in [1.29, 1.82) is 0 Å². The topological polar surface area (TPSA) is 97.7 Å². The van der Waals surface area contributed by atoms with Crippen molar-refractivity contribution in [3.63, 3.8) is 0 Å². The third kappa shape index (κ3) is 5.08. The van der Waals surface area contributed by atoms with Crippen molar-refractivity contribution in [3.05, 3.63) is 86.1 Å². The van der Waals surface area contributed by atoms with E-state index in [1.807, 2.05) is 32.0 Å². The maximum atomic E-state index is 12.1. The van der Waals surface area contributed by atoms with Crippen molar-refractivity contribution in [3.8, 4) is 11.3 Å². The summed E-state index contributed by atoms with van der Waals surface area (Å²) in [6.45, 7) is 3.93. The Balaban J connectivity index is 1.66. The van der Waals surface area contributed by atoms with Gasteiger partial charge in [-0.2, -0.15) is 5.10 Å². The van der Waals surface area contributed by atoms with Gasteiger partial charge in [0.25, 0.3) is 5.69 Å². The molecule has 1 amide bonds. The molecule has 0 unspecified atom stereocenters. The molecule has 1 aromatic heterocycles. The summed E-state index contributed by atoms with van der Waals surface area (Å²) in [5, 5.41) is 15.2. The maximum absolute atomic E-state index is 12.1. The van der Waals surface area contributed by atoms with Crippen LogP contribution in [0.4, 0.5) is 5.69 Å². The van der Waals surface area contributed by atoms with Crippen LogP contribution in [0.2, 0.25) is 5.02 Å². The van der Waals surface area contributed by atoms with E-state index in [0.29, 0.717) is 22.1 Å². The molecule has 0 radical (unpaired) electrons. The highest BCUT2D eigenvalue weighted by molar-refractivity contribution is 6.33. The van der Waals surface area contributed by atoms with Crippen LogP contribution in [0.3, 0.4) is 0 Å². The second kappa shape index (κ2) is 8.70. The number of hydrogen-bond donors (Lipinski definition) is 1. The fourth-order valence-corrected chi connectivity index (χ4v) is 2.96. The summed E-state index contributed by atoms with van der Waals surface area (Å²) < 4.78 is 5.61. The first-order valence-corrected chi connectivity index (χ1v) is 9.13. The van der Waals surface area contributed by atoms with Crippen LogP contribution in [0.5, 0.6) is 0 Å². The van der Waals surface area contributed by atoms with Gasteiger partial charge in [-0.3, -0.25) is 14.9 Å². The number of carbonyl (C=O) groups is 1. The number of nitro benzene ring substituents is 1. The Kier molecular flexibility index (Phi) is 6.09. The molecule has 0 bridgehead atoms. The number of nitrogens with one attached hydrogen (secondary N) is 1. The summed E-state index contributed by atoms with van der Waals surface area (Å²) in [5.41, 5.74) is 5.85. The van der Waals surface area contributed by atoms with E-state index < -0.39 is 4.92 Å². The maximum Gasteiger partial charge on any atom is 0.270 e. The zero-order chi connectivity index (χ0) is 21.0. The molecule has 0 spiro atoms. The highest BCUT2D eigenvalue weighted by Gasteiger charge is 2.14. The third-order valence-corrected chi connectivity index (χ3v) is 4.62. The lowest BCUT2D eigenvalue weighted by Crippen LogP contribution is -2.20.